The van der Waals surface area contributed by atoms with Crippen molar-refractivity contribution in [2.24, 2.45) is 0 Å². The number of halogens is 1. The van der Waals surface area contributed by atoms with Crippen molar-refractivity contribution in [2.75, 3.05) is 31.5 Å². The molecule has 0 saturated carbocycles. The van der Waals surface area contributed by atoms with E-state index in [-0.39, 0.29) is 11.9 Å². The average Bonchev–Trinajstić information content (AvgIpc) is 3.15. The maximum atomic E-state index is 12.5. The van der Waals surface area contributed by atoms with Crippen LogP contribution in [0.25, 0.3) is 0 Å². The van der Waals surface area contributed by atoms with Crippen LogP contribution in [0, 0.1) is 11.3 Å². The molecule has 1 amide bonds. The van der Waals surface area contributed by atoms with Gasteiger partial charge in [0, 0.05) is 38.4 Å². The fourth-order valence-corrected chi connectivity index (χ4v) is 3.93. The molecule has 1 fully saturated rings. The molecule has 2 heterocycles. The molecular weight excluding hydrogens is 368 g/mol. The minimum atomic E-state index is -0.215. The van der Waals surface area contributed by atoms with E-state index in [4.69, 9.17) is 16.9 Å². The molecule has 7 heteroatoms. The van der Waals surface area contributed by atoms with Gasteiger partial charge in [0.15, 0.2) is 0 Å². The van der Waals surface area contributed by atoms with E-state index in [1.165, 1.54) is 5.56 Å². The average molecular weight is 389 g/mol. The van der Waals surface area contributed by atoms with Crippen molar-refractivity contribution in [2.45, 2.75) is 19.5 Å². The van der Waals surface area contributed by atoms with E-state index in [9.17, 15) is 4.79 Å². The van der Waals surface area contributed by atoms with Crippen LogP contribution in [-0.4, -0.2) is 47.9 Å². The van der Waals surface area contributed by atoms with Crippen LogP contribution in [0.1, 0.15) is 18.1 Å². The van der Waals surface area contributed by atoms with E-state index in [1.54, 1.807) is 29.5 Å². The van der Waals surface area contributed by atoms with E-state index < -0.39 is 0 Å². The number of benzene rings is 1. The molecule has 1 aliphatic heterocycles. The van der Waals surface area contributed by atoms with Crippen LogP contribution in [0.2, 0.25) is 5.02 Å². The van der Waals surface area contributed by atoms with Crippen molar-refractivity contribution in [3.8, 4) is 6.07 Å². The van der Waals surface area contributed by atoms with E-state index in [0.29, 0.717) is 16.3 Å². The van der Waals surface area contributed by atoms with E-state index in [1.807, 2.05) is 13.0 Å². The molecule has 1 atom stereocenters. The highest BCUT2D eigenvalue weighted by molar-refractivity contribution is 7.07. The standard InChI is InChI=1S/C19H21ClN4OS/c1-14(19(25)22-17-3-2-16(11-21)18(20)10-17)24-7-5-23(6-8-24)12-15-4-9-26-13-15/h2-4,9-10,13-14H,5-8,12H2,1H3,(H,22,25)/t14-/m0/s1. The maximum absolute atomic E-state index is 12.5. The van der Waals surface area contributed by atoms with Crippen molar-refractivity contribution >= 4 is 34.5 Å². The smallest absolute Gasteiger partial charge is 0.241 e. The summed E-state index contributed by atoms with van der Waals surface area (Å²) in [5.74, 6) is -0.0583. The number of nitrogens with one attached hydrogen (secondary N) is 1. The number of anilines is 1. The monoisotopic (exact) mass is 388 g/mol. The molecule has 2 aromatic rings. The zero-order chi connectivity index (χ0) is 18.5. The molecule has 0 radical (unpaired) electrons. The summed E-state index contributed by atoms with van der Waals surface area (Å²) in [6.45, 7) is 6.54. The molecule has 1 aromatic heterocycles. The molecule has 0 bridgehead atoms. The van der Waals surface area contributed by atoms with Gasteiger partial charge in [0.1, 0.15) is 6.07 Å². The van der Waals surface area contributed by atoms with Crippen LogP contribution in [0.15, 0.2) is 35.0 Å². The van der Waals surface area contributed by atoms with E-state index >= 15 is 0 Å². The predicted octanol–water partition coefficient (Wildman–Crippen LogP) is 3.42. The summed E-state index contributed by atoms with van der Waals surface area (Å²) in [4.78, 5) is 17.2. The van der Waals surface area contributed by atoms with Crippen molar-refractivity contribution in [1.29, 1.82) is 5.26 Å². The van der Waals surface area contributed by atoms with Gasteiger partial charge in [-0.15, -0.1) is 0 Å². The molecule has 5 nitrogen and oxygen atoms in total. The Morgan fingerprint density at radius 1 is 1.35 bits per heavy atom. The third kappa shape index (κ3) is 4.63. The number of nitriles is 1. The van der Waals surface area contributed by atoms with Crippen molar-refractivity contribution in [3.63, 3.8) is 0 Å². The maximum Gasteiger partial charge on any atom is 0.241 e. The number of hydrogen-bond donors (Lipinski definition) is 1. The fraction of sp³-hybridized carbons (Fsp3) is 0.368. The zero-order valence-corrected chi connectivity index (χ0v) is 16.2. The summed E-state index contributed by atoms with van der Waals surface area (Å²) in [6, 6.07) is 8.89. The first kappa shape index (κ1) is 18.9. The van der Waals surface area contributed by atoms with E-state index in [2.05, 4.69) is 31.9 Å². The molecule has 3 rings (SSSR count). The van der Waals surface area contributed by atoms with Crippen LogP contribution in [0.5, 0.6) is 0 Å². The molecule has 0 unspecified atom stereocenters. The van der Waals surface area contributed by atoms with Gasteiger partial charge in [0.05, 0.1) is 16.6 Å². The van der Waals surface area contributed by atoms with Gasteiger partial charge in [-0.2, -0.15) is 16.6 Å². The molecule has 1 saturated heterocycles. The highest BCUT2D eigenvalue weighted by Gasteiger charge is 2.25. The first-order chi connectivity index (χ1) is 12.6. The van der Waals surface area contributed by atoms with Crippen LogP contribution in [0.4, 0.5) is 5.69 Å². The Hall–Kier alpha value is -1.91. The summed E-state index contributed by atoms with van der Waals surface area (Å²) in [5, 5.41) is 16.4. The Bertz CT molecular complexity index is 794. The Morgan fingerprint density at radius 3 is 2.73 bits per heavy atom. The van der Waals surface area contributed by atoms with Gasteiger partial charge in [-0.1, -0.05) is 11.6 Å². The third-order valence-corrected chi connectivity index (χ3v) is 5.72. The molecule has 0 aliphatic carbocycles. The van der Waals surface area contributed by atoms with Gasteiger partial charge in [0.2, 0.25) is 5.91 Å². The van der Waals surface area contributed by atoms with Crippen LogP contribution >= 0.6 is 22.9 Å². The second-order valence-corrected chi connectivity index (χ2v) is 7.60. The van der Waals surface area contributed by atoms with Crippen LogP contribution < -0.4 is 5.32 Å². The number of carbonyl (C=O) groups is 1. The van der Waals surface area contributed by atoms with E-state index in [0.717, 1.165) is 32.7 Å². The second kappa shape index (κ2) is 8.65. The highest BCUT2D eigenvalue weighted by atomic mass is 35.5. The summed E-state index contributed by atoms with van der Waals surface area (Å²) >= 11 is 7.75. The third-order valence-electron chi connectivity index (χ3n) is 4.68. The first-order valence-electron chi connectivity index (χ1n) is 8.55. The minimum absolute atomic E-state index is 0.0583. The fourth-order valence-electron chi connectivity index (χ4n) is 3.05. The number of amides is 1. The SMILES string of the molecule is C[C@@H](C(=O)Nc1ccc(C#N)c(Cl)c1)N1CCN(Cc2ccsc2)CC1. The first-order valence-corrected chi connectivity index (χ1v) is 9.87. The van der Waals surface area contributed by atoms with Crippen LogP contribution in [-0.2, 0) is 11.3 Å². The molecule has 1 aliphatic rings. The summed E-state index contributed by atoms with van der Waals surface area (Å²) in [5.41, 5.74) is 2.37. The van der Waals surface area contributed by atoms with Gasteiger partial charge in [0.25, 0.3) is 0 Å². The Balaban J connectivity index is 1.51. The van der Waals surface area contributed by atoms with Crippen LogP contribution in [0.3, 0.4) is 0 Å². The van der Waals surface area contributed by atoms with Gasteiger partial charge >= 0.3 is 0 Å². The number of thiophene rings is 1. The highest BCUT2D eigenvalue weighted by Crippen LogP contribution is 2.21. The predicted molar refractivity (Wildman–Crippen MR) is 105 cm³/mol. The van der Waals surface area contributed by atoms with Gasteiger partial charge in [-0.3, -0.25) is 14.6 Å². The largest absolute Gasteiger partial charge is 0.325 e. The number of rotatable bonds is 5. The topological polar surface area (TPSA) is 59.4 Å². The molecule has 26 heavy (non-hydrogen) atoms. The lowest BCUT2D eigenvalue weighted by Crippen LogP contribution is -2.52. The number of nitrogens with zero attached hydrogens (tertiary/aromatic N) is 3. The van der Waals surface area contributed by atoms with Gasteiger partial charge in [-0.25, -0.2) is 0 Å². The minimum Gasteiger partial charge on any atom is -0.325 e. The van der Waals surface area contributed by atoms with Gasteiger partial charge in [-0.05, 0) is 47.5 Å². The summed E-state index contributed by atoms with van der Waals surface area (Å²) in [6.07, 6.45) is 0. The van der Waals surface area contributed by atoms with Crippen molar-refractivity contribution in [1.82, 2.24) is 9.80 Å². The Morgan fingerprint density at radius 2 is 2.12 bits per heavy atom. The molecule has 136 valence electrons. The quantitative estimate of drug-likeness (QED) is 0.852. The number of carbonyl (C=O) groups excluding carboxylic acids is 1. The zero-order valence-electron chi connectivity index (χ0n) is 14.6. The number of piperazine rings is 1. The Kier molecular flexibility index (Phi) is 6.28. The van der Waals surface area contributed by atoms with Crippen molar-refractivity contribution in [3.05, 3.63) is 51.2 Å². The number of hydrogen-bond acceptors (Lipinski definition) is 5. The normalized spacial score (nSPS) is 16.8. The van der Waals surface area contributed by atoms with Gasteiger partial charge < -0.3 is 5.32 Å². The summed E-state index contributed by atoms with van der Waals surface area (Å²) < 4.78 is 0. The molecule has 1 aromatic carbocycles. The lowest BCUT2D eigenvalue weighted by molar-refractivity contribution is -0.121. The molecular formula is C19H21ClN4OS. The molecule has 0 spiro atoms. The lowest BCUT2D eigenvalue weighted by Gasteiger charge is -2.37. The molecule has 1 N–H and O–H groups in total. The summed E-state index contributed by atoms with van der Waals surface area (Å²) in [7, 11) is 0. The Labute approximate surface area is 162 Å². The second-order valence-electron chi connectivity index (χ2n) is 6.42. The van der Waals surface area contributed by atoms with Crippen molar-refractivity contribution < 1.29 is 4.79 Å². The lowest BCUT2D eigenvalue weighted by atomic mass is 10.2.